The Morgan fingerprint density at radius 1 is 1.22 bits per heavy atom. The van der Waals surface area contributed by atoms with Crippen molar-refractivity contribution in [3.05, 3.63) is 35.4 Å². The number of amides is 1. The van der Waals surface area contributed by atoms with Gasteiger partial charge < -0.3 is 10.5 Å². The number of ether oxygens (including phenoxy) is 1. The van der Waals surface area contributed by atoms with Crippen molar-refractivity contribution < 1.29 is 14.3 Å². The van der Waals surface area contributed by atoms with Crippen molar-refractivity contribution >= 4 is 11.9 Å². The molecule has 1 saturated heterocycles. The van der Waals surface area contributed by atoms with Crippen molar-refractivity contribution in [3.8, 4) is 0 Å². The maximum Gasteiger partial charge on any atom is 0.323 e. The molecule has 1 amide bonds. The summed E-state index contributed by atoms with van der Waals surface area (Å²) in [6.07, 6.45) is 5.74. The first kappa shape index (κ1) is 16.0. The van der Waals surface area contributed by atoms with Gasteiger partial charge in [-0.25, -0.2) is 0 Å². The number of nitrogens with two attached hydrogens (primary N) is 1. The molecule has 0 unspecified atom stereocenters. The van der Waals surface area contributed by atoms with Crippen LogP contribution < -0.4 is 5.73 Å². The van der Waals surface area contributed by atoms with E-state index in [0.717, 1.165) is 18.4 Å². The molecule has 5 nitrogen and oxygen atoms in total. The van der Waals surface area contributed by atoms with Gasteiger partial charge in [-0.15, -0.1) is 0 Å². The zero-order chi connectivity index (χ0) is 16.4. The van der Waals surface area contributed by atoms with E-state index in [0.29, 0.717) is 24.1 Å². The Bertz CT molecular complexity index is 584. The molecule has 0 aromatic heterocycles. The molecular formula is C18H24N2O3. The van der Waals surface area contributed by atoms with Crippen LogP contribution in [0.1, 0.15) is 48.0 Å². The van der Waals surface area contributed by atoms with Crippen molar-refractivity contribution in [2.45, 2.75) is 50.7 Å². The van der Waals surface area contributed by atoms with Gasteiger partial charge in [-0.2, -0.15) is 0 Å². The predicted octanol–water partition coefficient (Wildman–Crippen LogP) is 2.09. The number of hydrogen-bond donors (Lipinski definition) is 1. The number of esters is 1. The smallest absolute Gasteiger partial charge is 0.323 e. The third-order valence-electron chi connectivity index (χ3n) is 5.30. The number of carbonyl (C=O) groups is 2. The molecule has 1 saturated carbocycles. The summed E-state index contributed by atoms with van der Waals surface area (Å²) >= 11 is 0. The highest BCUT2D eigenvalue weighted by Crippen LogP contribution is 2.40. The van der Waals surface area contributed by atoms with E-state index in [2.05, 4.69) is 4.90 Å². The molecule has 1 aliphatic heterocycles. The number of hydrogen-bond acceptors (Lipinski definition) is 4. The average Bonchev–Trinajstić information content (AvgIpc) is 2.93. The van der Waals surface area contributed by atoms with Crippen LogP contribution in [0.5, 0.6) is 0 Å². The Morgan fingerprint density at radius 2 is 1.91 bits per heavy atom. The van der Waals surface area contributed by atoms with Crippen molar-refractivity contribution in [2.24, 2.45) is 11.7 Å². The molecule has 124 valence electrons. The lowest BCUT2D eigenvalue weighted by Gasteiger charge is -2.33. The third kappa shape index (κ3) is 3.24. The predicted molar refractivity (Wildman–Crippen MR) is 86.7 cm³/mol. The molecule has 2 aliphatic rings. The average molecular weight is 316 g/mol. The zero-order valence-electron chi connectivity index (χ0n) is 13.5. The van der Waals surface area contributed by atoms with E-state index in [1.54, 1.807) is 12.1 Å². The fraction of sp³-hybridized carbons (Fsp3) is 0.556. The van der Waals surface area contributed by atoms with Crippen molar-refractivity contribution in [1.82, 2.24) is 4.90 Å². The maximum absolute atomic E-state index is 12.2. The van der Waals surface area contributed by atoms with Gasteiger partial charge in [0.15, 0.2) is 0 Å². The second-order valence-electron chi connectivity index (χ2n) is 6.62. The summed E-state index contributed by atoms with van der Waals surface area (Å²) in [7, 11) is 1.46. The number of primary amides is 1. The lowest BCUT2D eigenvalue weighted by atomic mass is 9.84. The maximum atomic E-state index is 12.2. The number of rotatable bonds is 4. The monoisotopic (exact) mass is 316 g/mol. The topological polar surface area (TPSA) is 72.6 Å². The molecule has 3 atom stereocenters. The minimum atomic E-state index is -0.419. The fourth-order valence-electron chi connectivity index (χ4n) is 4.13. The van der Waals surface area contributed by atoms with Gasteiger partial charge in [0.05, 0.1) is 7.11 Å². The molecule has 0 spiro atoms. The van der Waals surface area contributed by atoms with Crippen molar-refractivity contribution in [1.29, 1.82) is 0 Å². The van der Waals surface area contributed by atoms with E-state index in [1.165, 1.54) is 26.4 Å². The number of carbonyl (C=O) groups excluding carboxylic acids is 2. The van der Waals surface area contributed by atoms with Gasteiger partial charge in [0, 0.05) is 18.2 Å². The van der Waals surface area contributed by atoms with Crippen molar-refractivity contribution in [2.75, 3.05) is 7.11 Å². The van der Waals surface area contributed by atoms with E-state index in [4.69, 9.17) is 10.5 Å². The van der Waals surface area contributed by atoms with Crippen molar-refractivity contribution in [3.63, 3.8) is 0 Å². The van der Waals surface area contributed by atoms with Crippen LogP contribution in [0.25, 0.3) is 0 Å². The normalized spacial score (nSPS) is 27.4. The van der Waals surface area contributed by atoms with Crippen LogP contribution >= 0.6 is 0 Å². The highest BCUT2D eigenvalue weighted by Gasteiger charge is 2.45. The largest absolute Gasteiger partial charge is 0.468 e. The van der Waals surface area contributed by atoms with Gasteiger partial charge in [0.25, 0.3) is 0 Å². The SMILES string of the molecule is COC(=O)[C@@H]1C[C@@H]2CCCC[C@H]2N1Cc1ccc(C(N)=O)cc1. The molecule has 1 aliphatic carbocycles. The summed E-state index contributed by atoms with van der Waals surface area (Å²) in [4.78, 5) is 25.7. The van der Waals surface area contributed by atoms with E-state index in [-0.39, 0.29) is 12.0 Å². The van der Waals surface area contributed by atoms with Crippen LogP contribution in [0.2, 0.25) is 0 Å². The molecule has 0 bridgehead atoms. The molecule has 2 fully saturated rings. The minimum absolute atomic E-state index is 0.131. The standard InChI is InChI=1S/C18H24N2O3/c1-23-18(22)16-10-14-4-2-3-5-15(14)20(16)11-12-6-8-13(9-7-12)17(19)21/h6-9,14-16H,2-5,10-11H2,1H3,(H2,19,21)/t14-,15+,16-/m0/s1. The number of methoxy groups -OCH3 is 1. The molecular weight excluding hydrogens is 292 g/mol. The summed E-state index contributed by atoms with van der Waals surface area (Å²) < 4.78 is 5.02. The molecule has 1 heterocycles. The third-order valence-corrected chi connectivity index (χ3v) is 5.30. The molecule has 2 N–H and O–H groups in total. The summed E-state index contributed by atoms with van der Waals surface area (Å²) in [6.45, 7) is 0.708. The quantitative estimate of drug-likeness (QED) is 0.863. The molecule has 5 heteroatoms. The van der Waals surface area contributed by atoms with Gasteiger partial charge in [-0.1, -0.05) is 25.0 Å². The highest BCUT2D eigenvalue weighted by molar-refractivity contribution is 5.92. The number of likely N-dealkylation sites (tertiary alicyclic amines) is 1. The van der Waals surface area contributed by atoms with Crippen LogP contribution in [-0.4, -0.2) is 36.0 Å². The number of nitrogens with zero attached hydrogens (tertiary/aromatic N) is 1. The van der Waals surface area contributed by atoms with Crippen LogP contribution in [-0.2, 0) is 16.1 Å². The Morgan fingerprint density at radius 3 is 2.57 bits per heavy atom. The van der Waals surface area contributed by atoms with Gasteiger partial charge in [0.2, 0.25) is 5.91 Å². The van der Waals surface area contributed by atoms with Crippen LogP contribution in [0, 0.1) is 5.92 Å². The van der Waals surface area contributed by atoms with E-state index in [1.807, 2.05) is 12.1 Å². The van der Waals surface area contributed by atoms with Crippen LogP contribution in [0.15, 0.2) is 24.3 Å². The van der Waals surface area contributed by atoms with Gasteiger partial charge in [-0.05, 0) is 42.9 Å². The Kier molecular flexibility index (Phi) is 4.66. The summed E-state index contributed by atoms with van der Waals surface area (Å²) in [5.41, 5.74) is 6.89. The lowest BCUT2D eigenvalue weighted by molar-refractivity contribution is -0.146. The fourth-order valence-corrected chi connectivity index (χ4v) is 4.13. The summed E-state index contributed by atoms with van der Waals surface area (Å²) in [5.74, 6) is 0.0448. The van der Waals surface area contributed by atoms with Gasteiger partial charge in [-0.3, -0.25) is 14.5 Å². The first-order chi connectivity index (χ1) is 11.1. The second kappa shape index (κ2) is 6.71. The van der Waals surface area contributed by atoms with E-state index < -0.39 is 5.91 Å². The van der Waals surface area contributed by atoms with Crippen LogP contribution in [0.4, 0.5) is 0 Å². The number of benzene rings is 1. The van der Waals surface area contributed by atoms with Crippen LogP contribution in [0.3, 0.4) is 0 Å². The first-order valence-corrected chi connectivity index (χ1v) is 8.32. The Labute approximate surface area is 136 Å². The summed E-state index contributed by atoms with van der Waals surface area (Å²) in [6, 6.07) is 7.65. The molecule has 3 rings (SSSR count). The summed E-state index contributed by atoms with van der Waals surface area (Å²) in [5, 5.41) is 0. The van der Waals surface area contributed by atoms with Gasteiger partial charge in [0.1, 0.15) is 6.04 Å². The molecule has 1 aromatic carbocycles. The molecule has 23 heavy (non-hydrogen) atoms. The zero-order valence-corrected chi connectivity index (χ0v) is 13.5. The Hall–Kier alpha value is -1.88. The second-order valence-corrected chi connectivity index (χ2v) is 6.62. The number of fused-ring (bicyclic) bond motifs is 1. The molecule has 0 radical (unpaired) electrons. The van der Waals surface area contributed by atoms with E-state index in [9.17, 15) is 9.59 Å². The Balaban J connectivity index is 1.79. The van der Waals surface area contributed by atoms with Gasteiger partial charge >= 0.3 is 5.97 Å². The van der Waals surface area contributed by atoms with E-state index >= 15 is 0 Å². The molecule has 1 aromatic rings. The highest BCUT2D eigenvalue weighted by atomic mass is 16.5. The first-order valence-electron chi connectivity index (χ1n) is 8.32. The lowest BCUT2D eigenvalue weighted by Crippen LogP contribution is -2.42. The minimum Gasteiger partial charge on any atom is -0.468 e.